The van der Waals surface area contributed by atoms with Crippen LogP contribution in [-0.4, -0.2) is 61.8 Å². The lowest BCUT2D eigenvalue weighted by molar-refractivity contribution is -0.0946. The predicted molar refractivity (Wildman–Crippen MR) is 94.5 cm³/mol. The van der Waals surface area contributed by atoms with Gasteiger partial charge in [0.1, 0.15) is 0 Å². The van der Waals surface area contributed by atoms with Crippen LogP contribution in [0.2, 0.25) is 0 Å². The third-order valence-electron chi connectivity index (χ3n) is 4.20. The van der Waals surface area contributed by atoms with Crippen molar-refractivity contribution in [3.05, 3.63) is 0 Å². The molecule has 1 aliphatic rings. The molecule has 0 bridgehead atoms. The average molecular weight is 313 g/mol. The van der Waals surface area contributed by atoms with Crippen LogP contribution in [-0.2, 0) is 4.74 Å². The number of ether oxygens (including phenoxy) is 1. The minimum atomic E-state index is 0.0714. The molecule has 0 aliphatic carbocycles. The number of aliphatic imine (C=N–C) groups is 1. The maximum atomic E-state index is 5.84. The Labute approximate surface area is 136 Å². The van der Waals surface area contributed by atoms with Gasteiger partial charge in [-0.2, -0.15) is 0 Å². The van der Waals surface area contributed by atoms with Crippen LogP contribution < -0.4 is 10.6 Å². The maximum absolute atomic E-state index is 5.84. The van der Waals surface area contributed by atoms with Crippen molar-refractivity contribution < 1.29 is 4.74 Å². The molecule has 130 valence electrons. The normalized spacial score (nSPS) is 24.6. The molecular weight excluding hydrogens is 276 g/mol. The zero-order chi connectivity index (χ0) is 16.8. The highest BCUT2D eigenvalue weighted by Crippen LogP contribution is 2.20. The van der Waals surface area contributed by atoms with E-state index in [1.165, 1.54) is 0 Å². The molecule has 0 aromatic rings. The fourth-order valence-corrected chi connectivity index (χ4v) is 2.78. The van der Waals surface area contributed by atoms with Gasteiger partial charge in [0.2, 0.25) is 0 Å². The van der Waals surface area contributed by atoms with Crippen LogP contribution in [0, 0.1) is 5.92 Å². The first-order valence-electron chi connectivity index (χ1n) is 8.59. The molecule has 0 aromatic heterocycles. The summed E-state index contributed by atoms with van der Waals surface area (Å²) >= 11 is 0. The number of guanidine groups is 1. The Morgan fingerprint density at radius 1 is 1.23 bits per heavy atom. The van der Waals surface area contributed by atoms with Gasteiger partial charge in [0.25, 0.3) is 0 Å². The molecule has 22 heavy (non-hydrogen) atoms. The van der Waals surface area contributed by atoms with E-state index in [4.69, 9.17) is 4.74 Å². The second-order valence-electron chi connectivity index (χ2n) is 7.51. The van der Waals surface area contributed by atoms with Crippen LogP contribution >= 0.6 is 0 Å². The zero-order valence-electron chi connectivity index (χ0n) is 15.6. The Kier molecular flexibility index (Phi) is 7.63. The summed E-state index contributed by atoms with van der Waals surface area (Å²) in [6.45, 7) is 17.1. The van der Waals surface area contributed by atoms with Gasteiger partial charge >= 0.3 is 0 Å². The molecule has 0 spiro atoms. The van der Waals surface area contributed by atoms with Crippen LogP contribution in [0.3, 0.4) is 0 Å². The Hall–Kier alpha value is -0.810. The van der Waals surface area contributed by atoms with Crippen molar-refractivity contribution in [3.63, 3.8) is 0 Å². The van der Waals surface area contributed by atoms with Crippen LogP contribution in [0.15, 0.2) is 4.99 Å². The van der Waals surface area contributed by atoms with Crippen molar-refractivity contribution in [2.45, 2.75) is 65.7 Å². The van der Waals surface area contributed by atoms with Crippen molar-refractivity contribution in [1.82, 2.24) is 15.5 Å². The molecule has 1 fully saturated rings. The summed E-state index contributed by atoms with van der Waals surface area (Å²) in [7, 11) is 1.83. The van der Waals surface area contributed by atoms with Crippen LogP contribution in [0.5, 0.6) is 0 Å². The third kappa shape index (κ3) is 6.53. The molecule has 0 amide bonds. The molecule has 5 heteroatoms. The highest BCUT2D eigenvalue weighted by Gasteiger charge is 2.33. The van der Waals surface area contributed by atoms with Gasteiger partial charge in [0, 0.05) is 38.8 Å². The summed E-state index contributed by atoms with van der Waals surface area (Å²) in [4.78, 5) is 6.83. The molecule has 1 saturated heterocycles. The number of nitrogens with one attached hydrogen (secondary N) is 2. The van der Waals surface area contributed by atoms with Crippen molar-refractivity contribution in [2.24, 2.45) is 10.9 Å². The Morgan fingerprint density at radius 3 is 2.32 bits per heavy atom. The van der Waals surface area contributed by atoms with Gasteiger partial charge in [-0.05, 0) is 40.0 Å². The van der Waals surface area contributed by atoms with Gasteiger partial charge in [-0.25, -0.2) is 0 Å². The summed E-state index contributed by atoms with van der Waals surface area (Å²) in [5, 5.41) is 6.86. The molecule has 2 unspecified atom stereocenters. The highest BCUT2D eigenvalue weighted by atomic mass is 16.5. The molecule has 1 heterocycles. The molecular formula is C17H36N4O. The van der Waals surface area contributed by atoms with Crippen LogP contribution in [0.1, 0.15) is 48.0 Å². The lowest BCUT2D eigenvalue weighted by atomic mass is 10.00. The first-order valence-corrected chi connectivity index (χ1v) is 8.59. The van der Waals surface area contributed by atoms with Gasteiger partial charge in [0.05, 0.1) is 12.2 Å². The quantitative estimate of drug-likeness (QED) is 0.582. The first-order chi connectivity index (χ1) is 10.2. The largest absolute Gasteiger partial charge is 0.373 e. The number of hydrogen-bond acceptors (Lipinski definition) is 3. The fourth-order valence-electron chi connectivity index (χ4n) is 2.78. The Balaban J connectivity index is 2.45. The van der Waals surface area contributed by atoms with E-state index in [1.54, 1.807) is 0 Å². The SMILES string of the molecule is CN=C(NCCC(C)C)NCC(C)(C)N1CC(C)OC(C)C1. The molecule has 0 saturated carbocycles. The lowest BCUT2D eigenvalue weighted by Gasteiger charge is -2.45. The maximum Gasteiger partial charge on any atom is 0.191 e. The van der Waals surface area contributed by atoms with Gasteiger partial charge in [0.15, 0.2) is 5.96 Å². The van der Waals surface area contributed by atoms with Gasteiger partial charge in [-0.3, -0.25) is 9.89 Å². The van der Waals surface area contributed by atoms with E-state index in [0.29, 0.717) is 18.1 Å². The van der Waals surface area contributed by atoms with Crippen LogP contribution in [0.25, 0.3) is 0 Å². The first kappa shape index (κ1) is 19.2. The van der Waals surface area contributed by atoms with Gasteiger partial charge < -0.3 is 15.4 Å². The summed E-state index contributed by atoms with van der Waals surface area (Å²) in [6, 6.07) is 0. The van der Waals surface area contributed by atoms with E-state index in [1.807, 2.05) is 7.05 Å². The number of morpholine rings is 1. The number of hydrogen-bond donors (Lipinski definition) is 2. The average Bonchev–Trinajstić information content (AvgIpc) is 2.41. The second kappa shape index (κ2) is 8.73. The smallest absolute Gasteiger partial charge is 0.191 e. The summed E-state index contributed by atoms with van der Waals surface area (Å²) < 4.78 is 5.84. The molecule has 0 aromatic carbocycles. The summed E-state index contributed by atoms with van der Waals surface area (Å²) in [6.07, 6.45) is 1.75. The topological polar surface area (TPSA) is 48.9 Å². The Morgan fingerprint density at radius 2 is 1.82 bits per heavy atom. The molecule has 5 nitrogen and oxygen atoms in total. The molecule has 1 aliphatic heterocycles. The predicted octanol–water partition coefficient (Wildman–Crippen LogP) is 2.09. The molecule has 1 rings (SSSR count). The zero-order valence-corrected chi connectivity index (χ0v) is 15.6. The highest BCUT2D eigenvalue weighted by molar-refractivity contribution is 5.79. The Bertz CT molecular complexity index is 345. The van der Waals surface area contributed by atoms with E-state index in [-0.39, 0.29) is 5.54 Å². The number of nitrogens with zero attached hydrogens (tertiary/aromatic N) is 2. The van der Waals surface area contributed by atoms with E-state index in [0.717, 1.165) is 38.6 Å². The fraction of sp³-hybridized carbons (Fsp3) is 0.941. The number of rotatable bonds is 6. The van der Waals surface area contributed by atoms with Crippen molar-refractivity contribution in [3.8, 4) is 0 Å². The second-order valence-corrected chi connectivity index (χ2v) is 7.51. The van der Waals surface area contributed by atoms with Crippen LogP contribution in [0.4, 0.5) is 0 Å². The standard InChI is InChI=1S/C17H36N4O/c1-13(2)8-9-19-16(18-7)20-12-17(5,6)21-10-14(3)22-15(4)11-21/h13-15H,8-12H2,1-7H3,(H2,18,19,20). The molecule has 0 radical (unpaired) electrons. The molecule has 2 N–H and O–H groups in total. The third-order valence-corrected chi connectivity index (χ3v) is 4.20. The molecule has 2 atom stereocenters. The van der Waals surface area contributed by atoms with Gasteiger partial charge in [-0.15, -0.1) is 0 Å². The van der Waals surface area contributed by atoms with E-state index < -0.39 is 0 Å². The van der Waals surface area contributed by atoms with Crippen molar-refractivity contribution >= 4 is 5.96 Å². The summed E-state index contributed by atoms with van der Waals surface area (Å²) in [5.74, 6) is 1.60. The van der Waals surface area contributed by atoms with Gasteiger partial charge in [-0.1, -0.05) is 13.8 Å². The lowest BCUT2D eigenvalue weighted by Crippen LogP contribution is -2.59. The van der Waals surface area contributed by atoms with E-state index in [2.05, 4.69) is 62.1 Å². The monoisotopic (exact) mass is 312 g/mol. The van der Waals surface area contributed by atoms with Crippen molar-refractivity contribution in [1.29, 1.82) is 0 Å². The van der Waals surface area contributed by atoms with E-state index >= 15 is 0 Å². The van der Waals surface area contributed by atoms with E-state index in [9.17, 15) is 0 Å². The summed E-state index contributed by atoms with van der Waals surface area (Å²) in [5.41, 5.74) is 0.0714. The van der Waals surface area contributed by atoms with Crippen molar-refractivity contribution in [2.75, 3.05) is 33.2 Å². The minimum Gasteiger partial charge on any atom is -0.373 e. The minimum absolute atomic E-state index is 0.0714.